The number of anilines is 3. The maximum atomic E-state index is 13.6. The van der Waals surface area contributed by atoms with Crippen LogP contribution in [-0.4, -0.2) is 31.3 Å². The fourth-order valence-electron chi connectivity index (χ4n) is 3.82. The van der Waals surface area contributed by atoms with Crippen molar-refractivity contribution in [3.63, 3.8) is 0 Å². The molecule has 188 valence electrons. The highest BCUT2D eigenvalue weighted by atomic mass is 32.2. The van der Waals surface area contributed by atoms with Crippen LogP contribution in [0.2, 0.25) is 0 Å². The molecule has 2 amide bonds. The fraction of sp³-hybridized carbons (Fsp3) is 0.133. The van der Waals surface area contributed by atoms with Crippen molar-refractivity contribution in [1.29, 1.82) is 0 Å². The normalized spacial score (nSPS) is 11.3. The molecule has 4 rings (SSSR count). The molecule has 0 fully saturated rings. The van der Waals surface area contributed by atoms with Crippen molar-refractivity contribution in [3.8, 4) is 11.5 Å². The van der Waals surface area contributed by atoms with Crippen molar-refractivity contribution < 1.29 is 19.1 Å². The number of ether oxygens (including phenoxy) is 2. The van der Waals surface area contributed by atoms with E-state index in [1.54, 1.807) is 30.2 Å². The van der Waals surface area contributed by atoms with Gasteiger partial charge in [0.1, 0.15) is 0 Å². The predicted molar refractivity (Wildman–Crippen MR) is 149 cm³/mol. The Bertz CT molecular complexity index is 1320. The van der Waals surface area contributed by atoms with Crippen LogP contribution in [0.4, 0.5) is 17.1 Å². The van der Waals surface area contributed by atoms with Gasteiger partial charge in [-0.15, -0.1) is 11.8 Å². The lowest BCUT2D eigenvalue weighted by Gasteiger charge is -2.26. The molecule has 1 N–H and O–H groups in total. The molecular weight excluding hydrogens is 484 g/mol. The number of nitrogens with zero attached hydrogens (tertiary/aromatic N) is 1. The summed E-state index contributed by atoms with van der Waals surface area (Å²) in [5, 5.41) is 2.54. The highest BCUT2D eigenvalue weighted by Crippen LogP contribution is 2.32. The molecule has 0 saturated heterocycles. The Morgan fingerprint density at radius 2 is 1.38 bits per heavy atom. The van der Waals surface area contributed by atoms with E-state index in [4.69, 9.17) is 9.47 Å². The highest BCUT2D eigenvalue weighted by Gasteiger charge is 2.24. The summed E-state index contributed by atoms with van der Waals surface area (Å²) in [4.78, 5) is 29.1. The summed E-state index contributed by atoms with van der Waals surface area (Å²) in [6, 6.07) is 31.7. The van der Waals surface area contributed by atoms with Crippen LogP contribution < -0.4 is 19.7 Å². The van der Waals surface area contributed by atoms with E-state index in [1.165, 1.54) is 18.9 Å². The van der Waals surface area contributed by atoms with E-state index in [9.17, 15) is 9.59 Å². The Morgan fingerprint density at radius 3 is 1.97 bits per heavy atom. The smallest absolute Gasteiger partial charge is 0.255 e. The minimum absolute atomic E-state index is 0.0397. The maximum Gasteiger partial charge on any atom is 0.255 e. The van der Waals surface area contributed by atoms with Crippen molar-refractivity contribution in [2.75, 3.05) is 24.4 Å². The van der Waals surface area contributed by atoms with Gasteiger partial charge in [0.25, 0.3) is 5.91 Å². The molecule has 7 heteroatoms. The number of para-hydroxylation sites is 2. The van der Waals surface area contributed by atoms with Gasteiger partial charge in [0.05, 0.1) is 19.5 Å². The van der Waals surface area contributed by atoms with Gasteiger partial charge in [0, 0.05) is 27.5 Å². The van der Waals surface area contributed by atoms with Gasteiger partial charge < -0.3 is 14.8 Å². The molecule has 4 aromatic rings. The first-order valence-electron chi connectivity index (χ1n) is 11.7. The number of thioether (sulfide) groups is 1. The van der Waals surface area contributed by atoms with Crippen LogP contribution in [0, 0.1) is 0 Å². The van der Waals surface area contributed by atoms with E-state index >= 15 is 0 Å². The summed E-state index contributed by atoms with van der Waals surface area (Å²) in [5.41, 5.74) is 2.69. The number of benzene rings is 4. The zero-order valence-corrected chi connectivity index (χ0v) is 21.7. The van der Waals surface area contributed by atoms with E-state index in [1.807, 2.05) is 91.9 Å². The van der Waals surface area contributed by atoms with Crippen LogP contribution in [-0.2, 0) is 4.79 Å². The highest BCUT2D eigenvalue weighted by molar-refractivity contribution is 8.00. The number of carbonyl (C=O) groups is 2. The minimum atomic E-state index is -0.378. The van der Waals surface area contributed by atoms with Crippen LogP contribution >= 0.6 is 11.8 Å². The van der Waals surface area contributed by atoms with Crippen molar-refractivity contribution in [2.24, 2.45) is 0 Å². The third-order valence-electron chi connectivity index (χ3n) is 5.65. The molecular formula is C30H28N2O4S. The summed E-state index contributed by atoms with van der Waals surface area (Å²) in [5.74, 6) is 0.720. The van der Waals surface area contributed by atoms with Crippen LogP contribution in [0.25, 0.3) is 0 Å². The SMILES string of the molecule is COc1ccc(C(=O)Nc2cccc(SC(C)C(=O)N(c3ccccc3)c3ccccc3)c2)cc1OC. The van der Waals surface area contributed by atoms with Crippen molar-refractivity contribution in [1.82, 2.24) is 0 Å². The van der Waals surface area contributed by atoms with Crippen LogP contribution in [0.5, 0.6) is 11.5 Å². The van der Waals surface area contributed by atoms with Crippen LogP contribution in [0.1, 0.15) is 17.3 Å². The van der Waals surface area contributed by atoms with E-state index in [0.29, 0.717) is 22.7 Å². The van der Waals surface area contributed by atoms with Gasteiger partial charge in [-0.1, -0.05) is 42.5 Å². The van der Waals surface area contributed by atoms with E-state index < -0.39 is 0 Å². The van der Waals surface area contributed by atoms with Gasteiger partial charge in [-0.25, -0.2) is 0 Å². The molecule has 4 aromatic carbocycles. The first-order valence-corrected chi connectivity index (χ1v) is 12.6. The predicted octanol–water partition coefficient (Wildman–Crippen LogP) is 6.80. The minimum Gasteiger partial charge on any atom is -0.493 e. The average Bonchev–Trinajstić information content (AvgIpc) is 2.94. The quantitative estimate of drug-likeness (QED) is 0.250. The van der Waals surface area contributed by atoms with Gasteiger partial charge in [0.15, 0.2) is 11.5 Å². The Labute approximate surface area is 221 Å². The van der Waals surface area contributed by atoms with Crippen molar-refractivity contribution in [3.05, 3.63) is 109 Å². The molecule has 37 heavy (non-hydrogen) atoms. The van der Waals surface area contributed by atoms with Crippen molar-refractivity contribution in [2.45, 2.75) is 17.1 Å². The second-order valence-electron chi connectivity index (χ2n) is 8.16. The van der Waals surface area contributed by atoms with Gasteiger partial charge in [-0.3, -0.25) is 14.5 Å². The van der Waals surface area contributed by atoms with Crippen LogP contribution in [0.3, 0.4) is 0 Å². The van der Waals surface area contributed by atoms with Gasteiger partial charge in [-0.2, -0.15) is 0 Å². The molecule has 0 bridgehead atoms. The Morgan fingerprint density at radius 1 is 0.757 bits per heavy atom. The molecule has 0 aromatic heterocycles. The lowest BCUT2D eigenvalue weighted by atomic mass is 10.2. The van der Waals surface area contributed by atoms with Gasteiger partial charge in [-0.05, 0) is 67.6 Å². The van der Waals surface area contributed by atoms with Gasteiger partial charge in [0.2, 0.25) is 5.91 Å². The summed E-state index contributed by atoms with van der Waals surface area (Å²) < 4.78 is 10.5. The topological polar surface area (TPSA) is 67.9 Å². The second-order valence-corrected chi connectivity index (χ2v) is 9.57. The molecule has 0 aliphatic carbocycles. The molecule has 0 aliphatic heterocycles. The molecule has 1 unspecified atom stereocenters. The monoisotopic (exact) mass is 512 g/mol. The number of methoxy groups -OCH3 is 2. The zero-order valence-electron chi connectivity index (χ0n) is 20.9. The third-order valence-corrected chi connectivity index (χ3v) is 6.73. The van der Waals surface area contributed by atoms with Gasteiger partial charge >= 0.3 is 0 Å². The summed E-state index contributed by atoms with van der Waals surface area (Å²) in [6.45, 7) is 1.89. The molecule has 6 nitrogen and oxygen atoms in total. The maximum absolute atomic E-state index is 13.6. The van der Waals surface area contributed by atoms with Crippen molar-refractivity contribution >= 4 is 40.6 Å². The van der Waals surface area contributed by atoms with Crippen LogP contribution in [0.15, 0.2) is 108 Å². The number of rotatable bonds is 9. The van der Waals surface area contributed by atoms with E-state index in [-0.39, 0.29) is 17.1 Å². The molecule has 0 spiro atoms. The lowest BCUT2D eigenvalue weighted by Crippen LogP contribution is -2.32. The number of hydrogen-bond acceptors (Lipinski definition) is 5. The Balaban J connectivity index is 1.49. The summed E-state index contributed by atoms with van der Waals surface area (Å²) in [7, 11) is 3.07. The largest absolute Gasteiger partial charge is 0.493 e. The van der Waals surface area contributed by atoms with E-state index in [2.05, 4.69) is 5.32 Å². The second kappa shape index (κ2) is 12.1. The average molecular weight is 513 g/mol. The number of carbonyl (C=O) groups excluding carboxylic acids is 2. The molecule has 0 aliphatic rings. The standard InChI is InChI=1S/C30H28N2O4S/c1-21(30(34)32(24-12-6-4-7-13-24)25-14-8-5-9-15-25)37-26-16-10-11-23(20-26)31-29(33)22-17-18-27(35-2)28(19-22)36-3/h4-21H,1-3H3,(H,31,33). The summed E-state index contributed by atoms with van der Waals surface area (Å²) in [6.07, 6.45) is 0. The Kier molecular flexibility index (Phi) is 8.48. The molecule has 1 atom stereocenters. The molecule has 0 saturated carbocycles. The first kappa shape index (κ1) is 25.9. The molecule has 0 radical (unpaired) electrons. The summed E-state index contributed by atoms with van der Waals surface area (Å²) >= 11 is 1.44. The zero-order chi connectivity index (χ0) is 26.2. The van der Waals surface area contributed by atoms with E-state index in [0.717, 1.165) is 16.3 Å². The third kappa shape index (κ3) is 6.32. The number of nitrogens with one attached hydrogen (secondary N) is 1. The number of hydrogen-bond donors (Lipinski definition) is 1. The lowest BCUT2D eigenvalue weighted by molar-refractivity contribution is -0.117. The Hall–Kier alpha value is -4.23. The first-order chi connectivity index (χ1) is 18.0. The fourth-order valence-corrected chi connectivity index (χ4v) is 4.79. The number of amides is 2. The molecule has 0 heterocycles.